The van der Waals surface area contributed by atoms with Crippen molar-refractivity contribution in [1.82, 2.24) is 0 Å². The van der Waals surface area contributed by atoms with Crippen LogP contribution in [0.2, 0.25) is 10.0 Å². The zero-order chi connectivity index (χ0) is 10.0. The van der Waals surface area contributed by atoms with Crippen LogP contribution in [-0.4, -0.2) is 0 Å². The molecule has 4 heteroatoms. The summed E-state index contributed by atoms with van der Waals surface area (Å²) in [6, 6.07) is 4.73. The zero-order valence-corrected chi connectivity index (χ0v) is 8.46. The van der Waals surface area contributed by atoms with Gasteiger partial charge in [0.05, 0.1) is 15.7 Å². The lowest BCUT2D eigenvalue weighted by Gasteiger charge is -2.03. The minimum atomic E-state index is -0.432. The fraction of sp³-hybridized carbons (Fsp3) is 0.111. The van der Waals surface area contributed by atoms with Gasteiger partial charge in [-0.3, -0.25) is 0 Å². The van der Waals surface area contributed by atoms with Gasteiger partial charge in [0.2, 0.25) is 0 Å². The maximum absolute atomic E-state index is 12.7. The van der Waals surface area contributed by atoms with Gasteiger partial charge < -0.3 is 5.73 Å². The van der Waals surface area contributed by atoms with Crippen LogP contribution >= 0.6 is 23.2 Å². The summed E-state index contributed by atoms with van der Waals surface area (Å²) in [5.41, 5.74) is 6.08. The van der Waals surface area contributed by atoms with Gasteiger partial charge in [0.15, 0.2) is 0 Å². The maximum Gasteiger partial charge on any atom is 0.120 e. The Hall–Kier alpha value is -0.730. The summed E-state index contributed by atoms with van der Waals surface area (Å²) in [7, 11) is 0. The second-order valence-corrected chi connectivity index (χ2v) is 3.39. The third-order valence-corrected chi connectivity index (χ3v) is 2.34. The van der Waals surface area contributed by atoms with E-state index in [4.69, 9.17) is 28.9 Å². The summed E-state index contributed by atoms with van der Waals surface area (Å²) in [6.45, 7) is 1.29. The van der Waals surface area contributed by atoms with Gasteiger partial charge in [0, 0.05) is 5.56 Å². The van der Waals surface area contributed by atoms with Crippen LogP contribution in [-0.2, 0) is 0 Å². The quantitative estimate of drug-likeness (QED) is 0.768. The van der Waals surface area contributed by atoms with Crippen molar-refractivity contribution in [2.75, 3.05) is 0 Å². The Morgan fingerprint density at radius 2 is 1.92 bits per heavy atom. The Balaban J connectivity index is 3.19. The van der Waals surface area contributed by atoms with E-state index < -0.39 is 5.83 Å². The fourth-order valence-corrected chi connectivity index (χ4v) is 1.16. The van der Waals surface area contributed by atoms with Crippen molar-refractivity contribution in [1.29, 1.82) is 0 Å². The van der Waals surface area contributed by atoms with Gasteiger partial charge in [0.1, 0.15) is 5.83 Å². The van der Waals surface area contributed by atoms with E-state index in [0.29, 0.717) is 15.6 Å². The number of benzene rings is 1. The molecule has 0 aromatic heterocycles. The largest absolute Gasteiger partial charge is 0.396 e. The molecule has 1 aromatic carbocycles. The monoisotopic (exact) mass is 219 g/mol. The summed E-state index contributed by atoms with van der Waals surface area (Å²) in [5, 5.41) is 0.790. The van der Waals surface area contributed by atoms with Gasteiger partial charge in [-0.2, -0.15) is 0 Å². The first-order valence-corrected chi connectivity index (χ1v) is 4.35. The molecule has 0 aliphatic carbocycles. The Kier molecular flexibility index (Phi) is 3.17. The first-order chi connectivity index (χ1) is 6.02. The Labute approximate surface area is 85.9 Å². The van der Waals surface area contributed by atoms with E-state index in [9.17, 15) is 4.39 Å². The Morgan fingerprint density at radius 1 is 1.31 bits per heavy atom. The van der Waals surface area contributed by atoms with Crippen LogP contribution < -0.4 is 5.73 Å². The number of hydrogen-bond donors (Lipinski definition) is 1. The Morgan fingerprint density at radius 3 is 2.38 bits per heavy atom. The van der Waals surface area contributed by atoms with Crippen LogP contribution in [0.15, 0.2) is 24.0 Å². The van der Waals surface area contributed by atoms with Crippen molar-refractivity contribution in [3.8, 4) is 0 Å². The lowest BCUT2D eigenvalue weighted by atomic mass is 10.1. The molecular formula is C9H8Cl2FN. The normalized spacial score (nSPS) is 12.6. The summed E-state index contributed by atoms with van der Waals surface area (Å²) in [5.74, 6) is -0.432. The van der Waals surface area contributed by atoms with E-state index in [1.165, 1.54) is 13.0 Å². The highest BCUT2D eigenvalue weighted by molar-refractivity contribution is 6.42. The molecule has 0 radical (unpaired) electrons. The van der Waals surface area contributed by atoms with Crippen LogP contribution in [0.3, 0.4) is 0 Å². The minimum Gasteiger partial charge on any atom is -0.396 e. The average molecular weight is 220 g/mol. The SMILES string of the molecule is C/C(F)=C(\N)c1ccc(Cl)c(Cl)c1. The molecule has 0 saturated heterocycles. The molecule has 13 heavy (non-hydrogen) atoms. The van der Waals surface area contributed by atoms with Gasteiger partial charge in [-0.25, -0.2) is 4.39 Å². The molecule has 0 aliphatic heterocycles. The Bertz CT molecular complexity index is 357. The molecule has 0 saturated carbocycles. The molecule has 0 amide bonds. The molecule has 0 fully saturated rings. The zero-order valence-electron chi connectivity index (χ0n) is 6.94. The van der Waals surface area contributed by atoms with Crippen molar-refractivity contribution < 1.29 is 4.39 Å². The molecule has 0 heterocycles. The van der Waals surface area contributed by atoms with Gasteiger partial charge in [-0.15, -0.1) is 0 Å². The van der Waals surface area contributed by atoms with Gasteiger partial charge in [-0.05, 0) is 19.1 Å². The number of allylic oxidation sites excluding steroid dienone is 1. The second kappa shape index (κ2) is 3.99. The van der Waals surface area contributed by atoms with Crippen LogP contribution in [0.25, 0.3) is 5.70 Å². The van der Waals surface area contributed by atoms with Crippen LogP contribution in [0.5, 0.6) is 0 Å². The topological polar surface area (TPSA) is 26.0 Å². The predicted molar refractivity (Wildman–Crippen MR) is 54.4 cm³/mol. The maximum atomic E-state index is 12.7. The van der Waals surface area contributed by atoms with Crippen molar-refractivity contribution in [3.63, 3.8) is 0 Å². The van der Waals surface area contributed by atoms with Crippen LogP contribution in [0.4, 0.5) is 4.39 Å². The molecule has 0 unspecified atom stereocenters. The van der Waals surface area contributed by atoms with E-state index in [2.05, 4.69) is 0 Å². The third-order valence-electron chi connectivity index (χ3n) is 1.60. The van der Waals surface area contributed by atoms with E-state index in [1.54, 1.807) is 12.1 Å². The van der Waals surface area contributed by atoms with E-state index >= 15 is 0 Å². The molecule has 0 bridgehead atoms. The van der Waals surface area contributed by atoms with Gasteiger partial charge >= 0.3 is 0 Å². The number of rotatable bonds is 1. The molecule has 70 valence electrons. The average Bonchev–Trinajstić information content (AvgIpc) is 2.08. The van der Waals surface area contributed by atoms with E-state index in [1.807, 2.05) is 0 Å². The van der Waals surface area contributed by atoms with Crippen molar-refractivity contribution in [2.45, 2.75) is 6.92 Å². The fourth-order valence-electron chi connectivity index (χ4n) is 0.863. The molecule has 1 nitrogen and oxygen atoms in total. The highest BCUT2D eigenvalue weighted by Gasteiger charge is 2.04. The smallest absolute Gasteiger partial charge is 0.120 e. The minimum absolute atomic E-state index is 0.0820. The summed E-state index contributed by atoms with van der Waals surface area (Å²) < 4.78 is 12.7. The highest BCUT2D eigenvalue weighted by atomic mass is 35.5. The van der Waals surface area contributed by atoms with E-state index in [-0.39, 0.29) is 5.70 Å². The van der Waals surface area contributed by atoms with Crippen LogP contribution in [0.1, 0.15) is 12.5 Å². The lowest BCUT2D eigenvalue weighted by molar-refractivity contribution is 0.642. The lowest BCUT2D eigenvalue weighted by Crippen LogP contribution is -1.97. The summed E-state index contributed by atoms with van der Waals surface area (Å²) in [6.07, 6.45) is 0. The first kappa shape index (κ1) is 10.4. The van der Waals surface area contributed by atoms with Crippen LogP contribution in [0, 0.1) is 0 Å². The number of halogens is 3. The number of hydrogen-bond acceptors (Lipinski definition) is 1. The molecule has 2 N–H and O–H groups in total. The highest BCUT2D eigenvalue weighted by Crippen LogP contribution is 2.25. The summed E-state index contributed by atoms with van der Waals surface area (Å²) >= 11 is 11.4. The van der Waals surface area contributed by atoms with Crippen molar-refractivity contribution in [3.05, 3.63) is 39.6 Å². The van der Waals surface area contributed by atoms with Crippen molar-refractivity contribution in [2.24, 2.45) is 5.73 Å². The molecular weight excluding hydrogens is 212 g/mol. The second-order valence-electron chi connectivity index (χ2n) is 2.58. The number of nitrogens with two attached hydrogens (primary N) is 1. The van der Waals surface area contributed by atoms with E-state index in [0.717, 1.165) is 0 Å². The molecule has 1 aromatic rings. The third kappa shape index (κ3) is 2.36. The van der Waals surface area contributed by atoms with Crippen molar-refractivity contribution >= 4 is 28.9 Å². The van der Waals surface area contributed by atoms with Gasteiger partial charge in [0.25, 0.3) is 0 Å². The molecule has 0 aliphatic rings. The van der Waals surface area contributed by atoms with Gasteiger partial charge in [-0.1, -0.05) is 29.3 Å². The molecule has 1 rings (SSSR count). The molecule has 0 atom stereocenters. The first-order valence-electron chi connectivity index (χ1n) is 3.59. The molecule has 0 spiro atoms. The summed E-state index contributed by atoms with van der Waals surface area (Å²) in [4.78, 5) is 0. The standard InChI is InChI=1S/C9H8Cl2FN/c1-5(12)9(13)6-2-3-7(10)8(11)4-6/h2-4H,13H2,1H3/b9-5+. The predicted octanol–water partition coefficient (Wildman–Crippen LogP) is 3.61.